The van der Waals surface area contributed by atoms with Gasteiger partial charge in [-0.25, -0.2) is 0 Å². The Labute approximate surface area is 64.0 Å². The van der Waals surface area contributed by atoms with Gasteiger partial charge in [0.15, 0.2) is 5.78 Å². The minimum Gasteiger partial charge on any atom is -0.515 e. The van der Waals surface area contributed by atoms with Crippen LogP contribution in [0.2, 0.25) is 0 Å². The van der Waals surface area contributed by atoms with Crippen LogP contribution in [0, 0.1) is 0 Å². The highest BCUT2D eigenvalue weighted by atomic mass is 16.2. The molecule has 0 amide bonds. The lowest BCUT2D eigenvalue weighted by molar-refractivity contribution is -0.115. The molecule has 0 saturated heterocycles. The third kappa shape index (κ3) is 1.55. The number of aliphatic hydroxyl groups excluding tert-OH is 1. The molecule has 0 spiro atoms. The molecule has 0 saturated carbocycles. The van der Waals surface area contributed by atoms with E-state index in [1.54, 1.807) is 0 Å². The molecular weight excluding hydrogens is 144 g/mol. The van der Waals surface area contributed by atoms with E-state index in [0.717, 1.165) is 6.26 Å². The topological polar surface area (TPSA) is 54.4 Å². The molecule has 11 heavy (non-hydrogen) atoms. The van der Waals surface area contributed by atoms with Crippen molar-refractivity contribution in [2.24, 2.45) is 0 Å². The van der Waals surface area contributed by atoms with Gasteiger partial charge in [0, 0.05) is 6.42 Å². The Balaban J connectivity index is 2.93. The van der Waals surface area contributed by atoms with Crippen molar-refractivity contribution in [2.45, 2.75) is 12.8 Å². The summed E-state index contributed by atoms with van der Waals surface area (Å²) in [5, 5.41) is 8.53. The van der Waals surface area contributed by atoms with Gasteiger partial charge in [0.05, 0.1) is 11.8 Å². The molecular formula is C8H8O3. The molecule has 58 valence electrons. The van der Waals surface area contributed by atoms with E-state index in [9.17, 15) is 9.59 Å². The molecule has 0 radical (unpaired) electrons. The van der Waals surface area contributed by atoms with Crippen LogP contribution in [0.1, 0.15) is 12.8 Å². The van der Waals surface area contributed by atoms with Crippen LogP contribution in [0.3, 0.4) is 0 Å². The number of aliphatic hydroxyl groups is 1. The summed E-state index contributed by atoms with van der Waals surface area (Å²) in [5.74, 6) is -0.113. The Morgan fingerprint density at radius 1 is 1.45 bits per heavy atom. The lowest BCUT2D eigenvalue weighted by Crippen LogP contribution is -2.08. The molecule has 0 aromatic rings. The first-order valence-electron chi connectivity index (χ1n) is 3.31. The summed E-state index contributed by atoms with van der Waals surface area (Å²) >= 11 is 0. The van der Waals surface area contributed by atoms with E-state index in [4.69, 9.17) is 5.11 Å². The van der Waals surface area contributed by atoms with Gasteiger partial charge < -0.3 is 5.11 Å². The number of rotatable bonds is 1. The average molecular weight is 152 g/mol. The second kappa shape index (κ2) is 3.14. The summed E-state index contributed by atoms with van der Waals surface area (Å²) in [5.41, 5.74) is 0.781. The number of hydrogen-bond donors (Lipinski definition) is 1. The van der Waals surface area contributed by atoms with E-state index in [1.165, 1.54) is 6.08 Å². The Kier molecular flexibility index (Phi) is 2.21. The van der Waals surface area contributed by atoms with Gasteiger partial charge in [-0.05, 0) is 18.1 Å². The maximum absolute atomic E-state index is 10.9. The molecule has 1 aliphatic carbocycles. The van der Waals surface area contributed by atoms with Crippen molar-refractivity contribution in [1.82, 2.24) is 0 Å². The molecule has 0 atom stereocenters. The summed E-state index contributed by atoms with van der Waals surface area (Å²) in [4.78, 5) is 21.1. The van der Waals surface area contributed by atoms with Crippen molar-refractivity contribution in [1.29, 1.82) is 0 Å². The van der Waals surface area contributed by atoms with Gasteiger partial charge in [0.25, 0.3) is 0 Å². The van der Waals surface area contributed by atoms with Crippen LogP contribution in [0.5, 0.6) is 0 Å². The molecule has 1 N–H and O–H groups in total. The van der Waals surface area contributed by atoms with Crippen molar-refractivity contribution in [3.05, 3.63) is 23.5 Å². The second-order valence-electron chi connectivity index (χ2n) is 2.34. The van der Waals surface area contributed by atoms with Gasteiger partial charge in [-0.2, -0.15) is 0 Å². The van der Waals surface area contributed by atoms with Gasteiger partial charge in [0.2, 0.25) is 0 Å². The zero-order valence-corrected chi connectivity index (χ0v) is 5.91. The first-order chi connectivity index (χ1) is 5.27. The van der Waals surface area contributed by atoms with E-state index in [-0.39, 0.29) is 11.4 Å². The van der Waals surface area contributed by atoms with Crippen LogP contribution in [-0.4, -0.2) is 17.2 Å². The fourth-order valence-electron chi connectivity index (χ4n) is 0.957. The predicted molar refractivity (Wildman–Crippen MR) is 39.1 cm³/mol. The van der Waals surface area contributed by atoms with Gasteiger partial charge in [-0.3, -0.25) is 9.59 Å². The lowest BCUT2D eigenvalue weighted by atomic mass is 9.96. The summed E-state index contributed by atoms with van der Waals surface area (Å²) in [6, 6.07) is 0. The predicted octanol–water partition coefficient (Wildman–Crippen LogP) is 0.916. The van der Waals surface area contributed by atoms with Crippen LogP contribution in [0.4, 0.5) is 0 Å². The van der Waals surface area contributed by atoms with Gasteiger partial charge in [0.1, 0.15) is 6.29 Å². The second-order valence-corrected chi connectivity index (χ2v) is 2.34. The van der Waals surface area contributed by atoms with Crippen LogP contribution in [0.15, 0.2) is 23.5 Å². The third-order valence-electron chi connectivity index (χ3n) is 1.59. The van der Waals surface area contributed by atoms with E-state index < -0.39 is 0 Å². The van der Waals surface area contributed by atoms with E-state index in [1.807, 2.05) is 0 Å². The van der Waals surface area contributed by atoms with Crippen molar-refractivity contribution in [3.8, 4) is 0 Å². The molecule has 0 unspecified atom stereocenters. The standard InChI is InChI=1S/C8H8O3/c9-4-6-1-2-8(11)7(3-6)5-10/h3-5,10H,1-2H2. The number of carbonyl (C=O) groups excluding carboxylic acids is 2. The van der Waals surface area contributed by atoms with Gasteiger partial charge >= 0.3 is 0 Å². The minimum atomic E-state index is -0.113. The van der Waals surface area contributed by atoms with Crippen molar-refractivity contribution >= 4 is 12.1 Å². The molecule has 0 heterocycles. The number of Topliss-reactive ketones (excluding diaryl/α,β-unsaturated/α-hetero) is 1. The van der Waals surface area contributed by atoms with Crippen LogP contribution >= 0.6 is 0 Å². The highest BCUT2D eigenvalue weighted by molar-refractivity contribution is 6.01. The zero-order chi connectivity index (χ0) is 8.27. The van der Waals surface area contributed by atoms with Crippen molar-refractivity contribution < 1.29 is 14.7 Å². The fourth-order valence-corrected chi connectivity index (χ4v) is 0.957. The van der Waals surface area contributed by atoms with Crippen LogP contribution in [0.25, 0.3) is 0 Å². The van der Waals surface area contributed by atoms with E-state index in [0.29, 0.717) is 24.7 Å². The Bertz CT molecular complexity index is 248. The number of aldehydes is 1. The molecule has 3 nitrogen and oxygen atoms in total. The fraction of sp³-hybridized carbons (Fsp3) is 0.250. The van der Waals surface area contributed by atoms with E-state index >= 15 is 0 Å². The Morgan fingerprint density at radius 3 is 2.73 bits per heavy atom. The summed E-state index contributed by atoms with van der Waals surface area (Å²) in [6.07, 6.45) is 3.66. The summed E-state index contributed by atoms with van der Waals surface area (Å²) in [7, 11) is 0. The maximum atomic E-state index is 10.9. The number of allylic oxidation sites excluding steroid dienone is 3. The maximum Gasteiger partial charge on any atom is 0.166 e. The van der Waals surface area contributed by atoms with Crippen molar-refractivity contribution in [2.75, 3.05) is 0 Å². The number of carbonyl (C=O) groups is 2. The SMILES string of the molecule is O=CC1=CC(=CO)C(=O)CC1. The minimum absolute atomic E-state index is 0.113. The molecule has 1 aliphatic rings. The largest absolute Gasteiger partial charge is 0.515 e. The highest BCUT2D eigenvalue weighted by Crippen LogP contribution is 2.16. The Morgan fingerprint density at radius 2 is 2.18 bits per heavy atom. The number of hydrogen-bond acceptors (Lipinski definition) is 3. The first kappa shape index (κ1) is 7.72. The normalized spacial score (nSPS) is 21.6. The molecule has 0 bridgehead atoms. The van der Waals surface area contributed by atoms with Gasteiger partial charge in [-0.1, -0.05) is 0 Å². The Hall–Kier alpha value is -1.38. The van der Waals surface area contributed by atoms with Crippen LogP contribution < -0.4 is 0 Å². The average Bonchev–Trinajstić information content (AvgIpc) is 2.05. The third-order valence-corrected chi connectivity index (χ3v) is 1.59. The zero-order valence-electron chi connectivity index (χ0n) is 5.91. The smallest absolute Gasteiger partial charge is 0.166 e. The van der Waals surface area contributed by atoms with Gasteiger partial charge in [-0.15, -0.1) is 0 Å². The molecule has 0 aromatic heterocycles. The molecule has 0 aliphatic heterocycles. The monoisotopic (exact) mass is 152 g/mol. The van der Waals surface area contributed by atoms with E-state index in [2.05, 4.69) is 0 Å². The lowest BCUT2D eigenvalue weighted by Gasteiger charge is -2.07. The highest BCUT2D eigenvalue weighted by Gasteiger charge is 2.14. The van der Waals surface area contributed by atoms with Crippen molar-refractivity contribution in [3.63, 3.8) is 0 Å². The molecule has 1 rings (SSSR count). The summed E-state index contributed by atoms with van der Waals surface area (Å²) < 4.78 is 0. The first-order valence-corrected chi connectivity index (χ1v) is 3.31. The molecule has 0 fully saturated rings. The van der Waals surface area contributed by atoms with Crippen LogP contribution in [-0.2, 0) is 9.59 Å². The number of ketones is 1. The summed E-state index contributed by atoms with van der Waals surface area (Å²) in [6.45, 7) is 0. The molecule has 3 heteroatoms. The quantitative estimate of drug-likeness (QED) is 0.345. The molecule has 0 aromatic carbocycles.